The van der Waals surface area contributed by atoms with Crippen molar-refractivity contribution in [1.82, 2.24) is 29.7 Å². The Bertz CT molecular complexity index is 2270. The maximum absolute atomic E-state index is 13.6. The maximum atomic E-state index is 13.6. The maximum Gasteiger partial charge on any atom is 0.328 e. The second kappa shape index (κ2) is 15.7. The monoisotopic (exact) mass is 776 g/mol. The molecule has 1 atom stereocenters. The minimum Gasteiger partial charge on any atom is -0.381 e. The molecule has 4 aromatic rings. The van der Waals surface area contributed by atoms with Crippen LogP contribution in [-0.2, 0) is 21.4 Å². The van der Waals surface area contributed by atoms with Gasteiger partial charge in [-0.25, -0.2) is 9.78 Å². The van der Waals surface area contributed by atoms with Gasteiger partial charge in [-0.05, 0) is 87.0 Å². The summed E-state index contributed by atoms with van der Waals surface area (Å²) in [5, 5.41) is 6.42. The molecule has 4 aliphatic rings. The van der Waals surface area contributed by atoms with Crippen molar-refractivity contribution in [3.8, 4) is 23.1 Å². The molecule has 2 N–H and O–H groups in total. The van der Waals surface area contributed by atoms with Crippen LogP contribution in [0.15, 0.2) is 48.8 Å². The summed E-state index contributed by atoms with van der Waals surface area (Å²) in [7, 11) is 1.98. The van der Waals surface area contributed by atoms with E-state index >= 15 is 0 Å². The van der Waals surface area contributed by atoms with Gasteiger partial charge < -0.3 is 19.5 Å². The van der Waals surface area contributed by atoms with Crippen molar-refractivity contribution in [2.45, 2.75) is 51.4 Å². The fourth-order valence-corrected chi connectivity index (χ4v) is 8.64. The molecule has 14 heteroatoms. The first-order valence-electron chi connectivity index (χ1n) is 19.3. The van der Waals surface area contributed by atoms with E-state index in [0.717, 1.165) is 85.2 Å². The highest BCUT2D eigenvalue weighted by Crippen LogP contribution is 2.42. The van der Waals surface area contributed by atoms with Crippen molar-refractivity contribution in [2.24, 2.45) is 12.5 Å². The lowest BCUT2D eigenvalue weighted by Gasteiger charge is -2.46. The van der Waals surface area contributed by atoms with Crippen molar-refractivity contribution in [3.05, 3.63) is 70.6 Å². The molecule has 1 unspecified atom stereocenters. The van der Waals surface area contributed by atoms with Crippen LogP contribution in [0.1, 0.15) is 73.0 Å². The largest absolute Gasteiger partial charge is 0.381 e. The van der Waals surface area contributed by atoms with E-state index in [2.05, 4.69) is 50.7 Å². The highest BCUT2D eigenvalue weighted by molar-refractivity contribution is 6.34. The molecule has 1 aromatic carbocycles. The number of halogens is 1. The predicted octanol–water partition coefficient (Wildman–Crippen LogP) is 5.57. The molecule has 56 heavy (non-hydrogen) atoms. The number of anilines is 2. The van der Waals surface area contributed by atoms with Gasteiger partial charge in [-0.2, -0.15) is 0 Å². The Hall–Kier alpha value is -5.29. The molecule has 8 rings (SSSR count). The van der Waals surface area contributed by atoms with Gasteiger partial charge in [-0.15, -0.1) is 0 Å². The number of rotatable bonds is 6. The van der Waals surface area contributed by atoms with E-state index in [1.807, 2.05) is 22.6 Å². The first-order valence-corrected chi connectivity index (χ1v) is 19.7. The molecule has 1 spiro atoms. The third kappa shape index (κ3) is 7.87. The number of benzene rings is 1. The van der Waals surface area contributed by atoms with E-state index in [1.165, 1.54) is 11.8 Å². The number of aryl methyl sites for hydroxylation is 1. The molecule has 0 bridgehead atoms. The number of aromatic nitrogens is 3. The van der Waals surface area contributed by atoms with Crippen molar-refractivity contribution in [3.63, 3.8) is 0 Å². The lowest BCUT2D eigenvalue weighted by atomic mass is 9.71. The predicted molar refractivity (Wildman–Crippen MR) is 214 cm³/mol. The van der Waals surface area contributed by atoms with Crippen LogP contribution in [-0.4, -0.2) is 101 Å². The molecule has 0 radical (unpaired) electrons. The van der Waals surface area contributed by atoms with E-state index < -0.39 is 6.03 Å². The van der Waals surface area contributed by atoms with E-state index in [4.69, 9.17) is 21.3 Å². The molecule has 4 aliphatic heterocycles. The van der Waals surface area contributed by atoms with Crippen LogP contribution in [0.5, 0.6) is 0 Å². The average Bonchev–Trinajstić information content (AvgIpc) is 3.84. The van der Waals surface area contributed by atoms with Gasteiger partial charge in [0.25, 0.3) is 5.91 Å². The number of hydrogen-bond acceptors (Lipinski definition) is 8. The van der Waals surface area contributed by atoms with Gasteiger partial charge in [0.1, 0.15) is 5.82 Å². The lowest BCUT2D eigenvalue weighted by Crippen LogP contribution is -2.50. The number of imide groups is 1. The van der Waals surface area contributed by atoms with E-state index in [0.29, 0.717) is 48.3 Å². The summed E-state index contributed by atoms with van der Waals surface area (Å²) in [5.74, 6) is 7.05. The fourth-order valence-electron chi connectivity index (χ4n) is 8.42. The standard InChI is InChI=1S/C42H45ClN8O5/c1-27(52)45-38-23-31-32(25-48(2)37(31)24-44-38)35-21-28(20-34(46-35)30-8-19-56-26-30)4-3-13-49-15-9-42(10-16-49)11-17-50(18-12-42)40(54)29-5-6-33(43)36(22-29)51-14-7-39(53)47-41(51)55/h5-6,20-25,30H,7-19,26H2,1-2H3,(H,44,45,52)(H,47,53,55). The van der Waals surface area contributed by atoms with Crippen LogP contribution >= 0.6 is 11.6 Å². The number of likely N-dealkylation sites (tertiary alicyclic amines) is 2. The van der Waals surface area contributed by atoms with Crippen molar-refractivity contribution in [2.75, 3.05) is 62.7 Å². The Morgan fingerprint density at radius 3 is 2.57 bits per heavy atom. The van der Waals surface area contributed by atoms with E-state index in [9.17, 15) is 19.2 Å². The number of nitrogens with one attached hydrogen (secondary N) is 2. The first kappa shape index (κ1) is 37.6. The van der Waals surface area contributed by atoms with Crippen molar-refractivity contribution >= 4 is 57.8 Å². The smallest absolute Gasteiger partial charge is 0.328 e. The number of fused-ring (bicyclic) bond motifs is 1. The van der Waals surface area contributed by atoms with Gasteiger partial charge in [0.15, 0.2) is 0 Å². The molecule has 290 valence electrons. The zero-order valence-corrected chi connectivity index (χ0v) is 32.5. The van der Waals surface area contributed by atoms with E-state index in [1.54, 1.807) is 24.4 Å². The minimum absolute atomic E-state index is 0.0749. The van der Waals surface area contributed by atoms with Crippen LogP contribution in [0.2, 0.25) is 5.02 Å². The minimum atomic E-state index is -0.532. The normalized spacial score (nSPS) is 19.9. The number of nitrogens with zero attached hydrogens (tertiary/aromatic N) is 6. The summed E-state index contributed by atoms with van der Waals surface area (Å²) in [6, 6.07) is 10.5. The molecule has 4 fully saturated rings. The number of carbonyl (C=O) groups excluding carboxylic acids is 4. The Kier molecular flexibility index (Phi) is 10.5. The SMILES string of the molecule is CC(=O)Nc1cc2c(-c3cc(C#CCN4CCC5(CC4)CCN(C(=O)c4ccc(Cl)c(N6CCC(=O)NC6=O)c4)CC5)cc(C4CCOC4)n3)cn(C)c2cn1. The molecular weight excluding hydrogens is 732 g/mol. The van der Waals surface area contributed by atoms with Crippen LogP contribution < -0.4 is 15.5 Å². The topological polar surface area (TPSA) is 142 Å². The quantitative estimate of drug-likeness (QED) is 0.243. The number of carbonyl (C=O) groups is 4. The highest BCUT2D eigenvalue weighted by atomic mass is 35.5. The lowest BCUT2D eigenvalue weighted by molar-refractivity contribution is -0.120. The number of piperidine rings is 2. The van der Waals surface area contributed by atoms with Crippen LogP contribution in [0.3, 0.4) is 0 Å². The fraction of sp³-hybridized carbons (Fsp3) is 0.429. The number of urea groups is 1. The third-order valence-electron chi connectivity index (χ3n) is 11.8. The molecular formula is C42H45ClN8O5. The van der Waals surface area contributed by atoms with Crippen LogP contribution in [0.25, 0.3) is 22.2 Å². The summed E-state index contributed by atoms with van der Waals surface area (Å²) in [4.78, 5) is 64.7. The van der Waals surface area contributed by atoms with Gasteiger partial charge in [0.05, 0.1) is 41.3 Å². The molecule has 13 nitrogen and oxygen atoms in total. The highest BCUT2D eigenvalue weighted by Gasteiger charge is 2.39. The Morgan fingerprint density at radius 1 is 1.05 bits per heavy atom. The van der Waals surface area contributed by atoms with Crippen molar-refractivity contribution in [1.29, 1.82) is 0 Å². The Labute approximate surface area is 330 Å². The number of pyridine rings is 2. The van der Waals surface area contributed by atoms with Gasteiger partial charge in [-0.1, -0.05) is 23.4 Å². The number of hydrogen-bond donors (Lipinski definition) is 2. The Balaban J connectivity index is 0.907. The molecule has 3 aromatic heterocycles. The molecule has 0 aliphatic carbocycles. The Morgan fingerprint density at radius 2 is 1.84 bits per heavy atom. The average molecular weight is 777 g/mol. The summed E-state index contributed by atoms with van der Waals surface area (Å²) in [6.45, 7) is 6.98. The molecule has 4 saturated heterocycles. The van der Waals surface area contributed by atoms with Gasteiger partial charge >= 0.3 is 6.03 Å². The van der Waals surface area contributed by atoms with Gasteiger partial charge in [-0.3, -0.25) is 34.5 Å². The third-order valence-corrected chi connectivity index (χ3v) is 12.1. The first-order chi connectivity index (χ1) is 27.0. The van der Waals surface area contributed by atoms with Crippen molar-refractivity contribution < 1.29 is 23.9 Å². The summed E-state index contributed by atoms with van der Waals surface area (Å²) < 4.78 is 7.75. The summed E-state index contributed by atoms with van der Waals surface area (Å²) >= 11 is 6.42. The molecule has 5 amide bonds. The van der Waals surface area contributed by atoms with Gasteiger partial charge in [0.2, 0.25) is 11.8 Å². The second-order valence-corrected chi connectivity index (χ2v) is 15.8. The number of amides is 5. The van der Waals surface area contributed by atoms with Crippen LogP contribution in [0.4, 0.5) is 16.3 Å². The van der Waals surface area contributed by atoms with Gasteiger partial charge in [0, 0.05) is 86.5 Å². The second-order valence-electron chi connectivity index (χ2n) is 15.4. The van der Waals surface area contributed by atoms with E-state index in [-0.39, 0.29) is 42.0 Å². The molecule has 0 saturated carbocycles. The summed E-state index contributed by atoms with van der Waals surface area (Å²) in [5.41, 5.74) is 5.74. The zero-order chi connectivity index (χ0) is 39.0. The number of ether oxygens (including phenoxy) is 1. The zero-order valence-electron chi connectivity index (χ0n) is 31.7. The van der Waals surface area contributed by atoms with Crippen LogP contribution in [0, 0.1) is 17.3 Å². The molecule has 7 heterocycles. The summed E-state index contributed by atoms with van der Waals surface area (Å²) in [6.07, 6.45) is 8.93.